The third-order valence-corrected chi connectivity index (χ3v) is 3.38. The molecule has 3 rings (SSSR count). The average Bonchev–Trinajstić information content (AvgIpc) is 3.13. The number of nitrogens with one attached hydrogen (secondary N) is 1. The van der Waals surface area contributed by atoms with E-state index in [4.69, 9.17) is 4.42 Å². The van der Waals surface area contributed by atoms with Crippen LogP contribution in [0.4, 0.5) is 0 Å². The number of furan rings is 1. The van der Waals surface area contributed by atoms with Crippen LogP contribution >= 0.6 is 0 Å². The van der Waals surface area contributed by atoms with E-state index >= 15 is 0 Å². The first-order valence-electron chi connectivity index (χ1n) is 6.84. The second-order valence-electron chi connectivity index (χ2n) is 4.90. The molecule has 0 fully saturated rings. The van der Waals surface area contributed by atoms with Gasteiger partial charge in [0, 0.05) is 0 Å². The zero-order valence-corrected chi connectivity index (χ0v) is 12.2. The van der Waals surface area contributed by atoms with Crippen molar-refractivity contribution >= 4 is 23.2 Å². The van der Waals surface area contributed by atoms with Gasteiger partial charge in [-0.1, -0.05) is 17.3 Å². The van der Waals surface area contributed by atoms with Gasteiger partial charge in [0.25, 0.3) is 5.91 Å². The van der Waals surface area contributed by atoms with Crippen molar-refractivity contribution in [3.05, 3.63) is 47.9 Å². The number of amides is 1. The number of aryl methyl sites for hydroxylation is 1. The van der Waals surface area contributed by atoms with E-state index in [2.05, 4.69) is 20.8 Å². The van der Waals surface area contributed by atoms with Crippen molar-refractivity contribution in [2.75, 3.05) is 0 Å². The van der Waals surface area contributed by atoms with Crippen molar-refractivity contribution in [3.8, 4) is 0 Å². The minimum absolute atomic E-state index is 0.281. The summed E-state index contributed by atoms with van der Waals surface area (Å²) < 4.78 is 6.78. The molecule has 112 valence electrons. The molecule has 2 heterocycles. The Hall–Kier alpha value is -2.96. The molecule has 1 amide bonds. The normalized spacial score (nSPS) is 12.8. The van der Waals surface area contributed by atoms with E-state index in [0.29, 0.717) is 5.76 Å². The molecular formula is C15H15N5O2. The van der Waals surface area contributed by atoms with Crippen LogP contribution in [0.5, 0.6) is 0 Å². The number of aromatic nitrogens is 3. The fraction of sp³-hybridized carbons (Fsp3) is 0.200. The summed E-state index contributed by atoms with van der Waals surface area (Å²) in [6.45, 7) is 3.64. The molecular weight excluding hydrogens is 282 g/mol. The number of carbonyl (C=O) groups is 1. The maximum atomic E-state index is 12.2. The van der Waals surface area contributed by atoms with Gasteiger partial charge in [-0.3, -0.25) is 4.79 Å². The van der Waals surface area contributed by atoms with Crippen LogP contribution in [0.2, 0.25) is 0 Å². The number of para-hydroxylation sites is 1. The number of benzene rings is 1. The van der Waals surface area contributed by atoms with Crippen molar-refractivity contribution in [2.45, 2.75) is 19.9 Å². The molecule has 0 aliphatic rings. The number of hydrogen-bond acceptors (Lipinski definition) is 5. The summed E-state index contributed by atoms with van der Waals surface area (Å²) in [7, 11) is 0. The molecule has 1 aromatic carbocycles. The minimum atomic E-state index is -0.526. The summed E-state index contributed by atoms with van der Waals surface area (Å²) in [6, 6.07) is 8.78. The summed E-state index contributed by atoms with van der Waals surface area (Å²) in [5.41, 5.74) is 4.98. The quantitative estimate of drug-likeness (QED) is 0.590. The third kappa shape index (κ3) is 2.60. The molecule has 7 nitrogen and oxygen atoms in total. The molecule has 7 heteroatoms. The monoisotopic (exact) mass is 297 g/mol. The number of hydrazone groups is 1. The van der Waals surface area contributed by atoms with Crippen LogP contribution in [0.25, 0.3) is 11.0 Å². The third-order valence-electron chi connectivity index (χ3n) is 3.38. The van der Waals surface area contributed by atoms with E-state index in [9.17, 15) is 4.79 Å². The van der Waals surface area contributed by atoms with Crippen molar-refractivity contribution in [3.63, 3.8) is 0 Å². The van der Waals surface area contributed by atoms with Gasteiger partial charge in [0.15, 0.2) is 0 Å². The molecule has 1 atom stereocenters. The summed E-state index contributed by atoms with van der Waals surface area (Å²) in [6.07, 6.45) is 3.04. The summed E-state index contributed by atoms with van der Waals surface area (Å²) in [4.78, 5) is 12.2. The standard InChI is InChI=1S/C15H15N5O2/c1-10-7-8-22-14(10)9-16-18-15(21)11(2)20-13-6-4-3-5-12(13)17-19-20/h3-9,11H,1-2H3,(H,18,21). The Balaban J connectivity index is 1.72. The zero-order valence-electron chi connectivity index (χ0n) is 12.2. The lowest BCUT2D eigenvalue weighted by molar-refractivity contribution is -0.124. The molecule has 3 aromatic rings. The van der Waals surface area contributed by atoms with E-state index < -0.39 is 6.04 Å². The summed E-state index contributed by atoms with van der Waals surface area (Å²) in [5, 5.41) is 12.0. The smallest absolute Gasteiger partial charge is 0.264 e. The van der Waals surface area contributed by atoms with Gasteiger partial charge in [0.2, 0.25) is 0 Å². The van der Waals surface area contributed by atoms with E-state index in [1.807, 2.05) is 37.3 Å². The van der Waals surface area contributed by atoms with Gasteiger partial charge in [-0.25, -0.2) is 10.1 Å². The fourth-order valence-corrected chi connectivity index (χ4v) is 2.05. The fourth-order valence-electron chi connectivity index (χ4n) is 2.05. The van der Waals surface area contributed by atoms with Crippen LogP contribution < -0.4 is 5.43 Å². The molecule has 0 radical (unpaired) electrons. The van der Waals surface area contributed by atoms with Crippen LogP contribution in [-0.4, -0.2) is 27.1 Å². The first-order chi connectivity index (χ1) is 10.7. The van der Waals surface area contributed by atoms with E-state index in [1.165, 1.54) is 6.21 Å². The highest BCUT2D eigenvalue weighted by molar-refractivity contribution is 5.84. The lowest BCUT2D eigenvalue weighted by Crippen LogP contribution is -2.28. The van der Waals surface area contributed by atoms with Crippen molar-refractivity contribution in [2.24, 2.45) is 5.10 Å². The molecule has 0 bridgehead atoms. The molecule has 0 aliphatic carbocycles. The van der Waals surface area contributed by atoms with E-state index in [-0.39, 0.29) is 5.91 Å². The van der Waals surface area contributed by atoms with Gasteiger partial charge >= 0.3 is 0 Å². The summed E-state index contributed by atoms with van der Waals surface area (Å²) >= 11 is 0. The Bertz CT molecular complexity index is 833. The van der Waals surface area contributed by atoms with Crippen LogP contribution in [-0.2, 0) is 4.79 Å². The maximum absolute atomic E-state index is 12.2. The van der Waals surface area contributed by atoms with Crippen molar-refractivity contribution in [1.29, 1.82) is 0 Å². The van der Waals surface area contributed by atoms with Gasteiger partial charge in [-0.15, -0.1) is 5.10 Å². The van der Waals surface area contributed by atoms with Gasteiger partial charge in [-0.2, -0.15) is 5.10 Å². The number of rotatable bonds is 4. The lowest BCUT2D eigenvalue weighted by Gasteiger charge is -2.10. The molecule has 0 saturated carbocycles. The van der Waals surface area contributed by atoms with Gasteiger partial charge in [0.1, 0.15) is 17.3 Å². The SMILES string of the molecule is Cc1ccoc1C=NNC(=O)C(C)n1nnc2ccccc21. The van der Waals surface area contributed by atoms with Gasteiger partial charge < -0.3 is 4.42 Å². The molecule has 1 N–H and O–H groups in total. The maximum Gasteiger partial charge on any atom is 0.264 e. The van der Waals surface area contributed by atoms with Gasteiger partial charge in [0.05, 0.1) is 18.0 Å². The van der Waals surface area contributed by atoms with Gasteiger partial charge in [-0.05, 0) is 37.6 Å². The minimum Gasteiger partial charge on any atom is -0.463 e. The molecule has 0 saturated heterocycles. The predicted molar refractivity (Wildman–Crippen MR) is 81.4 cm³/mol. The topological polar surface area (TPSA) is 85.3 Å². The Labute approximate surface area is 126 Å². The lowest BCUT2D eigenvalue weighted by atomic mass is 10.3. The molecule has 22 heavy (non-hydrogen) atoms. The average molecular weight is 297 g/mol. The zero-order chi connectivity index (χ0) is 15.5. The number of fused-ring (bicyclic) bond motifs is 1. The Kier molecular flexibility index (Phi) is 3.69. The van der Waals surface area contributed by atoms with E-state index in [0.717, 1.165) is 16.6 Å². The first kappa shape index (κ1) is 14.0. The Morgan fingerprint density at radius 3 is 3.00 bits per heavy atom. The summed E-state index contributed by atoms with van der Waals surface area (Å²) in [5.74, 6) is 0.329. The number of hydrogen-bond donors (Lipinski definition) is 1. The highest BCUT2D eigenvalue weighted by atomic mass is 16.3. The number of nitrogens with zero attached hydrogens (tertiary/aromatic N) is 4. The Morgan fingerprint density at radius 2 is 2.23 bits per heavy atom. The second-order valence-corrected chi connectivity index (χ2v) is 4.90. The first-order valence-corrected chi connectivity index (χ1v) is 6.84. The Morgan fingerprint density at radius 1 is 1.41 bits per heavy atom. The highest BCUT2D eigenvalue weighted by Gasteiger charge is 2.18. The molecule has 0 aliphatic heterocycles. The van der Waals surface area contributed by atoms with E-state index in [1.54, 1.807) is 17.9 Å². The highest BCUT2D eigenvalue weighted by Crippen LogP contribution is 2.15. The van der Waals surface area contributed by atoms with Crippen LogP contribution in [0.3, 0.4) is 0 Å². The van der Waals surface area contributed by atoms with Crippen LogP contribution in [0, 0.1) is 6.92 Å². The molecule has 2 aromatic heterocycles. The number of carbonyl (C=O) groups excluding carboxylic acids is 1. The van der Waals surface area contributed by atoms with Crippen LogP contribution in [0.1, 0.15) is 24.3 Å². The largest absolute Gasteiger partial charge is 0.463 e. The molecule has 0 spiro atoms. The van der Waals surface area contributed by atoms with Crippen molar-refractivity contribution < 1.29 is 9.21 Å². The van der Waals surface area contributed by atoms with Crippen molar-refractivity contribution in [1.82, 2.24) is 20.4 Å². The second kappa shape index (κ2) is 5.80. The molecule has 1 unspecified atom stereocenters. The predicted octanol–water partition coefficient (Wildman–Crippen LogP) is 2.04. The van der Waals surface area contributed by atoms with Crippen LogP contribution in [0.15, 0.2) is 46.1 Å².